The SMILES string of the molecule is Cc1cn([C@H]2C[C@H](O)[C@@H](COP3OCCN3c3ccccn3)O2)c(=O)[nH]c1=O. The summed E-state index contributed by atoms with van der Waals surface area (Å²) in [5.41, 5.74) is -0.610. The van der Waals surface area contributed by atoms with E-state index in [1.54, 1.807) is 13.1 Å². The first kappa shape index (κ1) is 19.2. The Labute approximate surface area is 161 Å². The Morgan fingerprint density at radius 1 is 1.43 bits per heavy atom. The van der Waals surface area contributed by atoms with Crippen molar-refractivity contribution in [3.8, 4) is 0 Å². The van der Waals surface area contributed by atoms with Gasteiger partial charge in [0, 0.05) is 24.4 Å². The second kappa shape index (κ2) is 8.10. The van der Waals surface area contributed by atoms with E-state index in [2.05, 4.69) is 9.97 Å². The number of ether oxygens (including phenoxy) is 1. The maximum Gasteiger partial charge on any atom is 0.330 e. The highest BCUT2D eigenvalue weighted by atomic mass is 31.2. The lowest BCUT2D eigenvalue weighted by atomic mass is 10.2. The highest BCUT2D eigenvalue weighted by Gasteiger charge is 2.38. The molecule has 4 rings (SSSR count). The Balaban J connectivity index is 1.40. The minimum absolute atomic E-state index is 0.115. The lowest BCUT2D eigenvalue weighted by molar-refractivity contribution is -0.0409. The molecule has 0 amide bonds. The number of hydrogen-bond acceptors (Lipinski definition) is 8. The molecular formula is C17H21N4O6P. The fourth-order valence-corrected chi connectivity index (χ4v) is 4.54. The molecule has 0 aliphatic carbocycles. The first-order chi connectivity index (χ1) is 13.5. The van der Waals surface area contributed by atoms with Crippen molar-refractivity contribution in [3.63, 3.8) is 0 Å². The molecule has 0 radical (unpaired) electrons. The second-order valence-electron chi connectivity index (χ2n) is 6.59. The third-order valence-corrected chi connectivity index (χ3v) is 6.20. The molecule has 0 saturated carbocycles. The molecule has 150 valence electrons. The minimum atomic E-state index is -1.34. The van der Waals surface area contributed by atoms with Crippen LogP contribution in [-0.2, 0) is 13.8 Å². The van der Waals surface area contributed by atoms with Crippen LogP contribution in [0.3, 0.4) is 0 Å². The number of pyridine rings is 1. The van der Waals surface area contributed by atoms with Crippen LogP contribution in [0.2, 0.25) is 0 Å². The quantitative estimate of drug-likeness (QED) is 0.693. The van der Waals surface area contributed by atoms with Gasteiger partial charge in [-0.15, -0.1) is 0 Å². The van der Waals surface area contributed by atoms with Crippen molar-refractivity contribution in [2.75, 3.05) is 24.4 Å². The van der Waals surface area contributed by atoms with Crippen LogP contribution in [0.25, 0.3) is 0 Å². The highest BCUT2D eigenvalue weighted by molar-refractivity contribution is 7.49. The topological polar surface area (TPSA) is 119 Å². The molecule has 4 heterocycles. The predicted molar refractivity (Wildman–Crippen MR) is 101 cm³/mol. The van der Waals surface area contributed by atoms with Crippen molar-refractivity contribution in [1.82, 2.24) is 14.5 Å². The van der Waals surface area contributed by atoms with Crippen LogP contribution in [0.4, 0.5) is 5.82 Å². The van der Waals surface area contributed by atoms with Gasteiger partial charge in [0.15, 0.2) is 0 Å². The molecular weight excluding hydrogens is 387 g/mol. The Morgan fingerprint density at radius 3 is 3.07 bits per heavy atom. The smallest absolute Gasteiger partial charge is 0.330 e. The molecule has 0 spiro atoms. The Morgan fingerprint density at radius 2 is 2.29 bits per heavy atom. The van der Waals surface area contributed by atoms with Gasteiger partial charge in [0.2, 0.25) is 0 Å². The molecule has 10 nitrogen and oxygen atoms in total. The monoisotopic (exact) mass is 408 g/mol. The molecule has 2 saturated heterocycles. The normalized spacial score (nSPS) is 27.4. The number of aryl methyl sites for hydroxylation is 1. The third-order valence-electron chi connectivity index (χ3n) is 4.63. The fraction of sp³-hybridized carbons (Fsp3) is 0.471. The number of aromatic nitrogens is 3. The van der Waals surface area contributed by atoms with Crippen molar-refractivity contribution in [1.29, 1.82) is 0 Å². The number of nitrogens with one attached hydrogen (secondary N) is 1. The van der Waals surface area contributed by atoms with Gasteiger partial charge < -0.3 is 18.9 Å². The molecule has 2 aromatic rings. The number of aliphatic hydroxyl groups is 1. The first-order valence-electron chi connectivity index (χ1n) is 8.93. The minimum Gasteiger partial charge on any atom is -0.390 e. The van der Waals surface area contributed by atoms with Crippen molar-refractivity contribution in [2.45, 2.75) is 31.8 Å². The fourth-order valence-electron chi connectivity index (χ4n) is 3.14. The van der Waals surface area contributed by atoms with E-state index in [-0.39, 0.29) is 13.0 Å². The summed E-state index contributed by atoms with van der Waals surface area (Å²) in [7, 11) is -1.34. The molecule has 2 N–H and O–H groups in total. The van der Waals surface area contributed by atoms with Crippen LogP contribution in [0.5, 0.6) is 0 Å². The van der Waals surface area contributed by atoms with E-state index in [1.165, 1.54) is 10.8 Å². The largest absolute Gasteiger partial charge is 0.390 e. The first-order valence-corrected chi connectivity index (χ1v) is 10.1. The number of anilines is 1. The molecule has 0 aromatic carbocycles. The van der Waals surface area contributed by atoms with Crippen LogP contribution in [0, 0.1) is 6.92 Å². The Hall–Kier alpha value is -2.10. The average molecular weight is 408 g/mol. The number of H-pyrrole nitrogens is 1. The van der Waals surface area contributed by atoms with Gasteiger partial charge in [-0.1, -0.05) is 6.07 Å². The molecule has 2 aliphatic heterocycles. The van der Waals surface area contributed by atoms with E-state index >= 15 is 0 Å². The highest BCUT2D eigenvalue weighted by Crippen LogP contribution is 2.49. The molecule has 4 atom stereocenters. The molecule has 1 unspecified atom stereocenters. The molecule has 0 bridgehead atoms. The molecule has 2 aromatic heterocycles. The zero-order valence-corrected chi connectivity index (χ0v) is 16.1. The predicted octanol–water partition coefficient (Wildman–Crippen LogP) is 0.669. The summed E-state index contributed by atoms with van der Waals surface area (Å²) in [4.78, 5) is 30.1. The van der Waals surface area contributed by atoms with Gasteiger partial charge in [-0.05, 0) is 19.1 Å². The lowest BCUT2D eigenvalue weighted by Gasteiger charge is -2.24. The van der Waals surface area contributed by atoms with Crippen LogP contribution >= 0.6 is 8.53 Å². The lowest BCUT2D eigenvalue weighted by Crippen LogP contribution is -2.33. The summed E-state index contributed by atoms with van der Waals surface area (Å²) in [5, 5.41) is 10.3. The third kappa shape index (κ3) is 3.87. The van der Waals surface area contributed by atoms with Crippen molar-refractivity contribution in [3.05, 3.63) is 57.0 Å². The van der Waals surface area contributed by atoms with Gasteiger partial charge in [-0.3, -0.25) is 19.0 Å². The summed E-state index contributed by atoms with van der Waals surface area (Å²) in [5.74, 6) is 0.771. The zero-order valence-electron chi connectivity index (χ0n) is 15.2. The number of aliphatic hydroxyl groups excluding tert-OH is 1. The maximum absolute atomic E-state index is 12.0. The summed E-state index contributed by atoms with van der Waals surface area (Å²) < 4.78 is 20.6. The van der Waals surface area contributed by atoms with E-state index in [0.29, 0.717) is 18.7 Å². The van der Waals surface area contributed by atoms with Crippen LogP contribution < -0.4 is 15.9 Å². The van der Waals surface area contributed by atoms with E-state index in [0.717, 1.165) is 5.82 Å². The van der Waals surface area contributed by atoms with Gasteiger partial charge in [0.1, 0.15) is 18.1 Å². The summed E-state index contributed by atoms with van der Waals surface area (Å²) in [6, 6.07) is 5.62. The summed E-state index contributed by atoms with van der Waals surface area (Å²) in [6.07, 6.45) is 1.29. The van der Waals surface area contributed by atoms with Gasteiger partial charge in [0.25, 0.3) is 14.1 Å². The Kier molecular flexibility index (Phi) is 5.56. The number of aromatic amines is 1. The second-order valence-corrected chi connectivity index (χ2v) is 8.06. The number of nitrogens with zero attached hydrogens (tertiary/aromatic N) is 3. The molecule has 2 fully saturated rings. The van der Waals surface area contributed by atoms with Crippen LogP contribution in [-0.4, -0.2) is 51.6 Å². The van der Waals surface area contributed by atoms with Gasteiger partial charge in [-0.2, -0.15) is 0 Å². The molecule has 11 heteroatoms. The molecule has 2 aliphatic rings. The van der Waals surface area contributed by atoms with Gasteiger partial charge in [0.05, 0.1) is 25.9 Å². The van der Waals surface area contributed by atoms with Crippen molar-refractivity contribution in [2.24, 2.45) is 0 Å². The molecule has 28 heavy (non-hydrogen) atoms. The summed E-state index contributed by atoms with van der Waals surface area (Å²) >= 11 is 0. The van der Waals surface area contributed by atoms with Crippen LogP contribution in [0.15, 0.2) is 40.2 Å². The van der Waals surface area contributed by atoms with E-state index in [9.17, 15) is 14.7 Å². The summed E-state index contributed by atoms with van der Waals surface area (Å²) in [6.45, 7) is 2.92. The number of hydrogen-bond donors (Lipinski definition) is 2. The van der Waals surface area contributed by atoms with E-state index < -0.39 is 38.2 Å². The standard InChI is InChI=1S/C17H21N4O6P/c1-11-9-20(17(24)19-16(11)23)15-8-12(22)13(27-15)10-26-28-21(6-7-25-28)14-4-2-3-5-18-14/h2-5,9,12-13,15,22H,6-8,10H2,1H3,(H,19,23,24)/t12-,13+,15+,28?/m0/s1. The van der Waals surface area contributed by atoms with E-state index in [1.807, 2.05) is 22.9 Å². The average Bonchev–Trinajstić information content (AvgIpc) is 3.30. The zero-order chi connectivity index (χ0) is 19.7. The van der Waals surface area contributed by atoms with E-state index in [4.69, 9.17) is 13.8 Å². The van der Waals surface area contributed by atoms with Crippen molar-refractivity contribution >= 4 is 14.3 Å². The maximum atomic E-state index is 12.0. The van der Waals surface area contributed by atoms with Gasteiger partial charge in [-0.25, -0.2) is 9.78 Å². The Bertz CT molecular complexity index is 935. The number of rotatable bonds is 5. The van der Waals surface area contributed by atoms with Gasteiger partial charge >= 0.3 is 5.69 Å². The van der Waals surface area contributed by atoms with Crippen LogP contribution in [0.1, 0.15) is 18.2 Å². The van der Waals surface area contributed by atoms with Crippen molar-refractivity contribution < 1.29 is 18.9 Å².